The number of hydrogen-bond acceptors (Lipinski definition) is 8. The molecule has 0 bridgehead atoms. The van der Waals surface area contributed by atoms with Gasteiger partial charge in [0.05, 0.1) is 47.2 Å². The highest BCUT2D eigenvalue weighted by Gasteiger charge is 2.14. The van der Waals surface area contributed by atoms with E-state index in [1.165, 1.54) is 0 Å². The maximum Gasteiger partial charge on any atom is 0.316 e. The van der Waals surface area contributed by atoms with Crippen molar-refractivity contribution < 1.29 is 9.47 Å². The fourth-order valence-corrected chi connectivity index (χ4v) is 3.38. The van der Waals surface area contributed by atoms with Gasteiger partial charge in [0.25, 0.3) is 0 Å². The van der Waals surface area contributed by atoms with Gasteiger partial charge in [0.2, 0.25) is 0 Å². The van der Waals surface area contributed by atoms with Gasteiger partial charge in [-0.15, -0.1) is 11.3 Å². The van der Waals surface area contributed by atoms with E-state index in [9.17, 15) is 0 Å². The predicted octanol–water partition coefficient (Wildman–Crippen LogP) is 2.78. The number of hydrogen-bond donors (Lipinski definition) is 0. The summed E-state index contributed by atoms with van der Waals surface area (Å²) < 4.78 is 12.1. The standard InChI is InChI=1S/C19H21N5O2S/c1-24(2)9-10-25-11-12-26-19-21-13-14(15(23-19)7-8-20)18-22-16-5-3-4-6-17(16)27-18/h3-6,13H,7,9-12H2,1-2H3. The van der Waals surface area contributed by atoms with Gasteiger partial charge in [0.1, 0.15) is 11.6 Å². The summed E-state index contributed by atoms with van der Waals surface area (Å²) in [6.07, 6.45) is 1.85. The normalized spacial score (nSPS) is 11.0. The molecule has 0 atom stereocenters. The van der Waals surface area contributed by atoms with Crippen molar-refractivity contribution in [3.8, 4) is 22.7 Å². The molecule has 0 saturated carbocycles. The maximum atomic E-state index is 9.15. The summed E-state index contributed by atoms with van der Waals surface area (Å²) in [7, 11) is 3.99. The van der Waals surface area contributed by atoms with E-state index in [1.54, 1.807) is 17.5 Å². The van der Waals surface area contributed by atoms with Crippen LogP contribution in [0.3, 0.4) is 0 Å². The van der Waals surface area contributed by atoms with Crippen LogP contribution in [0.25, 0.3) is 20.8 Å². The lowest BCUT2D eigenvalue weighted by atomic mass is 10.2. The molecule has 27 heavy (non-hydrogen) atoms. The van der Waals surface area contributed by atoms with Gasteiger partial charge in [-0.2, -0.15) is 10.2 Å². The molecule has 0 amide bonds. The van der Waals surface area contributed by atoms with Gasteiger partial charge in [-0.1, -0.05) is 12.1 Å². The minimum Gasteiger partial charge on any atom is -0.461 e. The summed E-state index contributed by atoms with van der Waals surface area (Å²) in [4.78, 5) is 15.4. The van der Waals surface area contributed by atoms with Crippen LogP contribution in [0.4, 0.5) is 0 Å². The Morgan fingerprint density at radius 3 is 2.78 bits per heavy atom. The fraction of sp³-hybridized carbons (Fsp3) is 0.368. The van der Waals surface area contributed by atoms with E-state index in [0.717, 1.165) is 27.3 Å². The first-order chi connectivity index (χ1) is 13.2. The number of rotatable bonds is 9. The van der Waals surface area contributed by atoms with E-state index in [-0.39, 0.29) is 12.4 Å². The van der Waals surface area contributed by atoms with E-state index >= 15 is 0 Å². The van der Waals surface area contributed by atoms with Crippen LogP contribution < -0.4 is 4.74 Å². The van der Waals surface area contributed by atoms with Crippen molar-refractivity contribution in [1.82, 2.24) is 19.9 Å². The van der Waals surface area contributed by atoms with Crippen LogP contribution in [0, 0.1) is 11.3 Å². The number of ether oxygens (including phenoxy) is 2. The Balaban J connectivity index is 1.68. The molecular weight excluding hydrogens is 362 g/mol. The van der Waals surface area contributed by atoms with Gasteiger partial charge >= 0.3 is 6.01 Å². The molecule has 2 aromatic heterocycles. The van der Waals surface area contributed by atoms with E-state index in [4.69, 9.17) is 14.7 Å². The Hall–Kier alpha value is -2.60. The quantitative estimate of drug-likeness (QED) is 0.525. The molecule has 0 N–H and O–H groups in total. The number of nitriles is 1. The molecule has 0 spiro atoms. The van der Waals surface area contributed by atoms with Gasteiger partial charge in [-0.3, -0.25) is 0 Å². The second-order valence-corrected chi connectivity index (χ2v) is 7.13. The van der Waals surface area contributed by atoms with E-state index in [2.05, 4.69) is 25.9 Å². The van der Waals surface area contributed by atoms with E-state index in [1.807, 2.05) is 38.4 Å². The van der Waals surface area contributed by atoms with Crippen molar-refractivity contribution in [3.05, 3.63) is 36.2 Å². The molecule has 0 aliphatic heterocycles. The highest BCUT2D eigenvalue weighted by Crippen LogP contribution is 2.31. The Kier molecular flexibility index (Phi) is 6.65. The maximum absolute atomic E-state index is 9.15. The summed E-state index contributed by atoms with van der Waals surface area (Å²) in [6.45, 7) is 2.33. The molecule has 0 unspecified atom stereocenters. The predicted molar refractivity (Wildman–Crippen MR) is 105 cm³/mol. The van der Waals surface area contributed by atoms with Gasteiger partial charge in [0.15, 0.2) is 0 Å². The zero-order valence-electron chi connectivity index (χ0n) is 15.4. The molecule has 2 heterocycles. The Morgan fingerprint density at radius 2 is 2.00 bits per heavy atom. The summed E-state index contributed by atoms with van der Waals surface area (Å²) in [5.74, 6) is 0. The molecule has 3 rings (SSSR count). The molecule has 140 valence electrons. The van der Waals surface area contributed by atoms with Gasteiger partial charge in [-0.25, -0.2) is 9.97 Å². The monoisotopic (exact) mass is 383 g/mol. The highest BCUT2D eigenvalue weighted by atomic mass is 32.1. The summed E-state index contributed by atoms with van der Waals surface area (Å²) in [5, 5.41) is 9.95. The van der Waals surface area contributed by atoms with Gasteiger partial charge < -0.3 is 14.4 Å². The lowest BCUT2D eigenvalue weighted by molar-refractivity contribution is 0.0861. The topological polar surface area (TPSA) is 84.2 Å². The van der Waals surface area contributed by atoms with Crippen LogP contribution in [0.2, 0.25) is 0 Å². The van der Waals surface area contributed by atoms with Crippen molar-refractivity contribution in [1.29, 1.82) is 5.26 Å². The summed E-state index contributed by atoms with van der Waals surface area (Å²) in [5.41, 5.74) is 2.32. The number of fused-ring (bicyclic) bond motifs is 1. The third kappa shape index (κ3) is 5.20. The van der Waals surface area contributed by atoms with Crippen LogP contribution in [-0.2, 0) is 11.2 Å². The second-order valence-electron chi connectivity index (χ2n) is 6.10. The molecule has 3 aromatic rings. The number of para-hydroxylation sites is 1. The van der Waals surface area contributed by atoms with Crippen molar-refractivity contribution in [2.45, 2.75) is 6.42 Å². The molecule has 0 radical (unpaired) electrons. The average Bonchev–Trinajstić information content (AvgIpc) is 3.08. The lowest BCUT2D eigenvalue weighted by Crippen LogP contribution is -2.19. The number of likely N-dealkylation sites (N-methyl/N-ethyl adjacent to an activating group) is 1. The van der Waals surface area contributed by atoms with Crippen LogP contribution in [-0.4, -0.2) is 60.3 Å². The Labute approximate surface area is 162 Å². The van der Waals surface area contributed by atoms with Crippen molar-refractivity contribution in [2.75, 3.05) is 40.5 Å². The third-order valence-corrected chi connectivity index (χ3v) is 4.83. The van der Waals surface area contributed by atoms with Crippen LogP contribution in [0.5, 0.6) is 6.01 Å². The largest absolute Gasteiger partial charge is 0.461 e. The summed E-state index contributed by atoms with van der Waals surface area (Å²) >= 11 is 1.56. The fourth-order valence-electron chi connectivity index (χ4n) is 2.39. The molecule has 7 nitrogen and oxygen atoms in total. The zero-order valence-corrected chi connectivity index (χ0v) is 16.2. The number of nitrogens with zero attached hydrogens (tertiary/aromatic N) is 5. The van der Waals surface area contributed by atoms with Crippen LogP contribution in [0.15, 0.2) is 30.5 Å². The van der Waals surface area contributed by atoms with E-state index < -0.39 is 0 Å². The molecule has 1 aromatic carbocycles. The number of aromatic nitrogens is 3. The van der Waals surface area contributed by atoms with Crippen molar-refractivity contribution >= 4 is 21.6 Å². The number of benzene rings is 1. The third-order valence-electron chi connectivity index (χ3n) is 3.76. The molecule has 0 aliphatic rings. The first-order valence-electron chi connectivity index (χ1n) is 8.61. The SMILES string of the molecule is CN(C)CCOCCOc1ncc(-c2nc3ccccc3s2)c(CC#N)n1. The molecule has 0 aliphatic carbocycles. The van der Waals surface area contributed by atoms with Gasteiger partial charge in [0, 0.05) is 12.7 Å². The minimum absolute atomic E-state index is 0.170. The molecule has 0 saturated heterocycles. The van der Waals surface area contributed by atoms with Gasteiger partial charge in [-0.05, 0) is 26.2 Å². The Bertz CT molecular complexity index is 902. The highest BCUT2D eigenvalue weighted by molar-refractivity contribution is 7.21. The Morgan fingerprint density at radius 1 is 1.15 bits per heavy atom. The average molecular weight is 383 g/mol. The molecular formula is C19H21N5O2S. The second kappa shape index (κ2) is 9.37. The zero-order chi connectivity index (χ0) is 19.1. The molecule has 8 heteroatoms. The van der Waals surface area contributed by atoms with E-state index in [0.29, 0.717) is 25.5 Å². The van der Waals surface area contributed by atoms with Crippen LogP contribution in [0.1, 0.15) is 5.69 Å². The first-order valence-corrected chi connectivity index (χ1v) is 9.43. The van der Waals surface area contributed by atoms with Crippen molar-refractivity contribution in [3.63, 3.8) is 0 Å². The summed E-state index contributed by atoms with van der Waals surface area (Å²) in [6, 6.07) is 10.3. The van der Waals surface area contributed by atoms with Crippen molar-refractivity contribution in [2.24, 2.45) is 0 Å². The number of thiazole rings is 1. The first kappa shape index (κ1) is 19.2. The smallest absolute Gasteiger partial charge is 0.316 e. The minimum atomic E-state index is 0.170. The lowest BCUT2D eigenvalue weighted by Gasteiger charge is -2.10. The molecule has 0 fully saturated rings. The van der Waals surface area contributed by atoms with Crippen LogP contribution >= 0.6 is 11.3 Å².